The first-order valence-electron chi connectivity index (χ1n) is 8.59. The zero-order chi connectivity index (χ0) is 17.9. The first-order valence-corrected chi connectivity index (χ1v) is 10.5. The zero-order valence-corrected chi connectivity index (χ0v) is 16.1. The van der Waals surface area contributed by atoms with E-state index in [-0.39, 0.29) is 5.04 Å². The van der Waals surface area contributed by atoms with Gasteiger partial charge in [-0.05, 0) is 27.5 Å². The molecule has 0 heterocycles. The van der Waals surface area contributed by atoms with Gasteiger partial charge in [-0.1, -0.05) is 87.5 Å². The van der Waals surface area contributed by atoms with Crippen LogP contribution in [0.2, 0.25) is 5.04 Å². The minimum Gasteiger partial charge on any atom is -0.534 e. The van der Waals surface area contributed by atoms with Crippen LogP contribution in [0.25, 0.3) is 0 Å². The topological polar surface area (TPSA) is 35.2 Å². The van der Waals surface area contributed by atoms with E-state index >= 15 is 0 Å². The van der Waals surface area contributed by atoms with Crippen molar-refractivity contribution in [2.45, 2.75) is 25.8 Å². The van der Waals surface area contributed by atoms with Crippen LogP contribution >= 0.6 is 0 Å². The van der Waals surface area contributed by atoms with Crippen molar-refractivity contribution >= 4 is 24.4 Å². The number of anilines is 1. The molecule has 0 bridgehead atoms. The van der Waals surface area contributed by atoms with Crippen LogP contribution in [0, 0.1) is 0 Å². The molecule has 3 aromatic rings. The van der Waals surface area contributed by atoms with E-state index in [4.69, 9.17) is 10.2 Å². The van der Waals surface area contributed by atoms with Crippen LogP contribution in [0.3, 0.4) is 0 Å². The maximum Gasteiger partial charge on any atom is 0.319 e. The monoisotopic (exact) mass is 347 g/mol. The van der Waals surface area contributed by atoms with Gasteiger partial charge in [-0.25, -0.2) is 0 Å². The van der Waals surface area contributed by atoms with E-state index in [1.54, 1.807) is 0 Å². The Bertz CT molecular complexity index is 786. The summed E-state index contributed by atoms with van der Waals surface area (Å²) in [6.07, 6.45) is 0. The first-order chi connectivity index (χ1) is 11.9. The van der Waals surface area contributed by atoms with Gasteiger partial charge in [0, 0.05) is 11.8 Å². The Hall–Kier alpha value is -2.52. The van der Waals surface area contributed by atoms with E-state index in [0.717, 1.165) is 11.4 Å². The van der Waals surface area contributed by atoms with Crippen molar-refractivity contribution in [1.82, 2.24) is 0 Å². The van der Waals surface area contributed by atoms with Gasteiger partial charge >= 0.3 is 8.32 Å². The van der Waals surface area contributed by atoms with Gasteiger partial charge in [0.1, 0.15) is 5.75 Å². The molecule has 25 heavy (non-hydrogen) atoms. The highest BCUT2D eigenvalue weighted by molar-refractivity contribution is 7.00. The summed E-state index contributed by atoms with van der Waals surface area (Å²) in [5.74, 6) is 0.828. The second kappa shape index (κ2) is 6.77. The lowest BCUT2D eigenvalue weighted by Gasteiger charge is -2.43. The van der Waals surface area contributed by atoms with Gasteiger partial charge in [-0.15, -0.1) is 0 Å². The lowest BCUT2D eigenvalue weighted by atomic mass is 10.2. The van der Waals surface area contributed by atoms with Gasteiger partial charge in [0.15, 0.2) is 0 Å². The average Bonchev–Trinajstić information content (AvgIpc) is 2.60. The molecule has 3 heteroatoms. The van der Waals surface area contributed by atoms with Crippen LogP contribution in [-0.2, 0) is 0 Å². The molecule has 0 fully saturated rings. The largest absolute Gasteiger partial charge is 0.534 e. The smallest absolute Gasteiger partial charge is 0.319 e. The molecule has 0 spiro atoms. The predicted molar refractivity (Wildman–Crippen MR) is 109 cm³/mol. The number of rotatable bonds is 4. The lowest BCUT2D eigenvalue weighted by molar-refractivity contribution is 0.508. The normalized spacial score (nSPS) is 12.0. The average molecular weight is 348 g/mol. The highest BCUT2D eigenvalue weighted by Gasteiger charge is 2.52. The van der Waals surface area contributed by atoms with Crippen molar-refractivity contribution in [2.75, 3.05) is 5.73 Å². The van der Waals surface area contributed by atoms with Gasteiger partial charge in [0.05, 0.1) is 0 Å². The summed E-state index contributed by atoms with van der Waals surface area (Å²) in [7, 11) is -2.57. The summed E-state index contributed by atoms with van der Waals surface area (Å²) >= 11 is 0. The summed E-state index contributed by atoms with van der Waals surface area (Å²) in [5.41, 5.74) is 6.72. The van der Waals surface area contributed by atoms with E-state index in [2.05, 4.69) is 81.4 Å². The summed E-state index contributed by atoms with van der Waals surface area (Å²) in [4.78, 5) is 0. The van der Waals surface area contributed by atoms with E-state index in [0.29, 0.717) is 0 Å². The van der Waals surface area contributed by atoms with E-state index in [1.165, 1.54) is 10.4 Å². The minimum atomic E-state index is -2.57. The van der Waals surface area contributed by atoms with E-state index < -0.39 is 8.32 Å². The number of nitrogen functional groups attached to an aromatic ring is 1. The van der Waals surface area contributed by atoms with Crippen molar-refractivity contribution in [3.63, 3.8) is 0 Å². The summed E-state index contributed by atoms with van der Waals surface area (Å²) in [5, 5.41) is 2.47. The van der Waals surface area contributed by atoms with Crippen molar-refractivity contribution in [2.24, 2.45) is 0 Å². The Labute approximate surface area is 151 Å². The van der Waals surface area contributed by atoms with Crippen LogP contribution in [0.4, 0.5) is 5.69 Å². The first kappa shape index (κ1) is 17.3. The van der Waals surface area contributed by atoms with Crippen LogP contribution < -0.4 is 20.5 Å². The van der Waals surface area contributed by atoms with Crippen molar-refractivity contribution < 1.29 is 4.43 Å². The molecule has 2 N–H and O–H groups in total. The molecule has 0 saturated heterocycles. The van der Waals surface area contributed by atoms with E-state index in [9.17, 15) is 0 Å². The molecule has 0 aromatic heterocycles. The second-order valence-corrected chi connectivity index (χ2v) is 11.6. The van der Waals surface area contributed by atoms with Crippen molar-refractivity contribution in [3.05, 3.63) is 84.9 Å². The molecular weight excluding hydrogens is 322 g/mol. The number of nitrogens with two attached hydrogens (primary N) is 1. The molecule has 0 unspecified atom stereocenters. The summed E-state index contributed by atoms with van der Waals surface area (Å²) in [6.45, 7) is 6.81. The van der Waals surface area contributed by atoms with Gasteiger partial charge in [0.2, 0.25) is 0 Å². The Morgan fingerprint density at radius 2 is 1.24 bits per heavy atom. The maximum absolute atomic E-state index is 6.88. The quantitative estimate of drug-likeness (QED) is 0.567. The molecule has 0 aliphatic carbocycles. The standard InChI is InChI=1S/C22H25NOSi/c1-22(2,3)25(20-13-6-4-7-14-20,21-15-8-5-9-16-21)24-19-12-10-11-18(23)17-19/h4-17H,23H2,1-3H3. The van der Waals surface area contributed by atoms with Crippen molar-refractivity contribution in [1.29, 1.82) is 0 Å². The Balaban J connectivity index is 2.26. The molecular formula is C22H25NOSi. The Morgan fingerprint density at radius 3 is 1.68 bits per heavy atom. The third kappa shape index (κ3) is 3.33. The molecule has 0 aliphatic heterocycles. The second-order valence-electron chi connectivity index (χ2n) is 7.34. The van der Waals surface area contributed by atoms with Gasteiger partial charge in [0.25, 0.3) is 0 Å². The van der Waals surface area contributed by atoms with E-state index in [1.807, 2.05) is 24.3 Å². The van der Waals surface area contributed by atoms with Gasteiger partial charge in [-0.3, -0.25) is 0 Å². The molecule has 3 rings (SSSR count). The highest BCUT2D eigenvalue weighted by Crippen LogP contribution is 2.37. The van der Waals surface area contributed by atoms with Crippen LogP contribution in [0.15, 0.2) is 84.9 Å². The molecule has 2 nitrogen and oxygen atoms in total. The molecule has 0 radical (unpaired) electrons. The Kier molecular flexibility index (Phi) is 4.68. The lowest BCUT2D eigenvalue weighted by Crippen LogP contribution is -2.68. The fraction of sp³-hybridized carbons (Fsp3) is 0.182. The SMILES string of the molecule is CC(C)(C)[Si](Oc1cccc(N)c1)(c1ccccc1)c1ccccc1. The number of benzene rings is 3. The zero-order valence-electron chi connectivity index (χ0n) is 15.1. The highest BCUT2D eigenvalue weighted by atomic mass is 28.4. The fourth-order valence-electron chi connectivity index (χ4n) is 3.40. The van der Waals surface area contributed by atoms with Crippen LogP contribution in [-0.4, -0.2) is 8.32 Å². The number of hydrogen-bond donors (Lipinski definition) is 1. The third-order valence-corrected chi connectivity index (χ3v) is 9.49. The molecule has 0 aliphatic rings. The minimum absolute atomic E-state index is 0.0552. The molecule has 0 amide bonds. The summed E-state index contributed by atoms with van der Waals surface area (Å²) < 4.78 is 6.88. The Morgan fingerprint density at radius 1 is 0.720 bits per heavy atom. The molecule has 128 valence electrons. The fourth-order valence-corrected chi connectivity index (χ4v) is 7.82. The predicted octanol–water partition coefficient (Wildman–Crippen LogP) is 4.21. The summed E-state index contributed by atoms with van der Waals surface area (Å²) in [6, 6.07) is 29.0. The van der Waals surface area contributed by atoms with Crippen molar-refractivity contribution in [3.8, 4) is 5.75 Å². The molecule has 3 aromatic carbocycles. The number of hydrogen-bond acceptors (Lipinski definition) is 2. The molecule has 0 saturated carbocycles. The van der Waals surface area contributed by atoms with Gasteiger partial charge in [-0.2, -0.15) is 0 Å². The van der Waals surface area contributed by atoms with Gasteiger partial charge < -0.3 is 10.2 Å². The maximum atomic E-state index is 6.88. The third-order valence-electron chi connectivity index (χ3n) is 4.55. The van der Waals surface area contributed by atoms with Crippen LogP contribution in [0.5, 0.6) is 5.75 Å². The van der Waals surface area contributed by atoms with Crippen LogP contribution in [0.1, 0.15) is 20.8 Å². The molecule has 0 atom stereocenters.